The number of thioether (sulfide) groups is 4. The highest BCUT2D eigenvalue weighted by Gasteiger charge is 2.12. The molecule has 5 heteroatoms. The first kappa shape index (κ1) is 9.99. The van der Waals surface area contributed by atoms with E-state index in [-0.39, 0.29) is 12.4 Å². The van der Waals surface area contributed by atoms with E-state index < -0.39 is 0 Å². The van der Waals surface area contributed by atoms with Gasteiger partial charge in [0.2, 0.25) is 0 Å². The van der Waals surface area contributed by atoms with Crippen molar-refractivity contribution >= 4 is 59.5 Å². The minimum absolute atomic E-state index is 0. The van der Waals surface area contributed by atoms with Crippen molar-refractivity contribution < 1.29 is 0 Å². The SMILES string of the molecule is C1=CSC(=C2SC=CS2)S1.Cl. The Morgan fingerprint density at radius 2 is 0.909 bits per heavy atom. The first-order valence-corrected chi connectivity index (χ1v) is 6.19. The highest BCUT2D eigenvalue weighted by atomic mass is 35.5. The van der Waals surface area contributed by atoms with Gasteiger partial charge in [-0.05, 0) is 21.6 Å². The lowest BCUT2D eigenvalue weighted by Gasteiger charge is -1.97. The van der Waals surface area contributed by atoms with E-state index in [9.17, 15) is 0 Å². The minimum Gasteiger partial charge on any atom is -0.147 e. The van der Waals surface area contributed by atoms with Gasteiger partial charge in [0.15, 0.2) is 0 Å². The Labute approximate surface area is 89.1 Å². The van der Waals surface area contributed by atoms with E-state index in [0.717, 1.165) is 0 Å². The predicted octanol–water partition coefficient (Wildman–Crippen LogP) is 4.44. The summed E-state index contributed by atoms with van der Waals surface area (Å²) in [5, 5.41) is 8.53. The third-order valence-electron chi connectivity index (χ3n) is 0.978. The van der Waals surface area contributed by atoms with E-state index in [0.29, 0.717) is 0 Å². The molecule has 2 aliphatic heterocycles. The highest BCUT2D eigenvalue weighted by molar-refractivity contribution is 8.33. The van der Waals surface area contributed by atoms with Crippen LogP contribution in [0.3, 0.4) is 0 Å². The van der Waals surface area contributed by atoms with Gasteiger partial charge in [0.25, 0.3) is 0 Å². The van der Waals surface area contributed by atoms with Crippen LogP contribution in [0.5, 0.6) is 0 Å². The van der Waals surface area contributed by atoms with Crippen molar-refractivity contribution in [2.24, 2.45) is 0 Å². The molecule has 0 N–H and O–H groups in total. The van der Waals surface area contributed by atoms with Crippen LogP contribution in [0, 0.1) is 0 Å². The molecule has 0 saturated heterocycles. The van der Waals surface area contributed by atoms with Crippen molar-refractivity contribution in [1.29, 1.82) is 0 Å². The molecule has 0 nitrogen and oxygen atoms in total. The van der Waals surface area contributed by atoms with Crippen LogP contribution in [-0.4, -0.2) is 0 Å². The first-order valence-electron chi connectivity index (χ1n) is 2.68. The van der Waals surface area contributed by atoms with Gasteiger partial charge in [-0.25, -0.2) is 0 Å². The molecule has 0 amide bonds. The average molecular weight is 241 g/mol. The van der Waals surface area contributed by atoms with Gasteiger partial charge in [0.1, 0.15) is 0 Å². The van der Waals surface area contributed by atoms with Crippen LogP contribution >= 0.6 is 59.5 Å². The Morgan fingerprint density at radius 1 is 0.636 bits per heavy atom. The molecule has 2 heterocycles. The predicted molar refractivity (Wildman–Crippen MR) is 62.9 cm³/mol. The summed E-state index contributed by atoms with van der Waals surface area (Å²) in [6.45, 7) is 0. The second-order valence-corrected chi connectivity index (χ2v) is 5.77. The van der Waals surface area contributed by atoms with Crippen molar-refractivity contribution in [2.45, 2.75) is 0 Å². The van der Waals surface area contributed by atoms with Crippen LogP contribution in [0.25, 0.3) is 0 Å². The van der Waals surface area contributed by atoms with Gasteiger partial charge in [-0.2, -0.15) is 0 Å². The summed E-state index contributed by atoms with van der Waals surface area (Å²) in [4.78, 5) is 0. The molecule has 0 unspecified atom stereocenters. The fourth-order valence-electron chi connectivity index (χ4n) is 0.606. The van der Waals surface area contributed by atoms with Crippen molar-refractivity contribution in [1.82, 2.24) is 0 Å². The van der Waals surface area contributed by atoms with Gasteiger partial charge < -0.3 is 0 Å². The molecule has 60 valence electrons. The van der Waals surface area contributed by atoms with E-state index in [4.69, 9.17) is 0 Å². The zero-order chi connectivity index (χ0) is 6.81. The fraction of sp³-hybridized carbons (Fsp3) is 0. The molecule has 0 aliphatic carbocycles. The van der Waals surface area contributed by atoms with Gasteiger partial charge >= 0.3 is 0 Å². The van der Waals surface area contributed by atoms with Crippen LogP contribution < -0.4 is 0 Å². The molecule has 0 spiro atoms. The third kappa shape index (κ3) is 2.42. The van der Waals surface area contributed by atoms with E-state index in [1.807, 2.05) is 47.0 Å². The van der Waals surface area contributed by atoms with Crippen LogP contribution in [0.4, 0.5) is 0 Å². The smallest absolute Gasteiger partial charge is 0.0694 e. The maximum absolute atomic E-state index is 2.13. The molecule has 0 radical (unpaired) electrons. The average Bonchev–Trinajstić information content (AvgIpc) is 2.59. The first-order chi connectivity index (χ1) is 4.97. The Kier molecular flexibility index (Phi) is 4.38. The van der Waals surface area contributed by atoms with Crippen LogP contribution in [0.1, 0.15) is 0 Å². The lowest BCUT2D eigenvalue weighted by atomic mass is 11.2. The number of hydrogen-bond acceptors (Lipinski definition) is 4. The minimum atomic E-state index is 0. The van der Waals surface area contributed by atoms with Crippen LogP contribution in [0.2, 0.25) is 0 Å². The summed E-state index contributed by atoms with van der Waals surface area (Å²) in [7, 11) is 0. The van der Waals surface area contributed by atoms with Crippen molar-refractivity contribution in [3.05, 3.63) is 30.1 Å². The second-order valence-electron chi connectivity index (χ2n) is 1.59. The summed E-state index contributed by atoms with van der Waals surface area (Å²) in [6.07, 6.45) is 0. The summed E-state index contributed by atoms with van der Waals surface area (Å²) in [5.74, 6) is 0. The number of rotatable bonds is 0. The second kappa shape index (κ2) is 4.82. The van der Waals surface area contributed by atoms with Crippen molar-refractivity contribution in [3.63, 3.8) is 0 Å². The normalized spacial score (nSPS) is 21.1. The quantitative estimate of drug-likeness (QED) is 0.614. The van der Waals surface area contributed by atoms with E-state index in [1.165, 1.54) is 8.47 Å². The lowest BCUT2D eigenvalue weighted by Crippen LogP contribution is -1.62. The lowest BCUT2D eigenvalue weighted by molar-refractivity contribution is 2.38. The topological polar surface area (TPSA) is 0 Å². The Morgan fingerprint density at radius 3 is 1.18 bits per heavy atom. The van der Waals surface area contributed by atoms with Gasteiger partial charge in [-0.1, -0.05) is 47.0 Å². The molecule has 0 fully saturated rings. The molecule has 0 aromatic carbocycles. The van der Waals surface area contributed by atoms with E-state index in [2.05, 4.69) is 21.6 Å². The Hall–Kier alpha value is 0.910. The Bertz CT molecular complexity index is 187. The molecule has 0 bridgehead atoms. The fourth-order valence-corrected chi connectivity index (χ4v) is 4.64. The summed E-state index contributed by atoms with van der Waals surface area (Å²) >= 11 is 7.28. The van der Waals surface area contributed by atoms with Crippen molar-refractivity contribution in [2.75, 3.05) is 0 Å². The van der Waals surface area contributed by atoms with E-state index in [1.54, 1.807) is 0 Å². The molecular weight excluding hydrogens is 236 g/mol. The molecule has 2 rings (SSSR count). The molecule has 0 saturated carbocycles. The summed E-state index contributed by atoms with van der Waals surface area (Å²) in [6, 6.07) is 0. The van der Waals surface area contributed by atoms with Gasteiger partial charge in [-0.15, -0.1) is 12.4 Å². The van der Waals surface area contributed by atoms with E-state index >= 15 is 0 Å². The molecule has 0 atom stereocenters. The van der Waals surface area contributed by atoms with Crippen molar-refractivity contribution in [3.8, 4) is 0 Å². The molecule has 0 aromatic heterocycles. The summed E-state index contributed by atoms with van der Waals surface area (Å²) < 4.78 is 2.86. The van der Waals surface area contributed by atoms with Gasteiger partial charge in [-0.3, -0.25) is 0 Å². The standard InChI is InChI=1S/C6H4S4.ClH/c1-2-8-5(7-1)6-9-3-4-10-6;/h1-4H;1H. The zero-order valence-electron chi connectivity index (χ0n) is 5.35. The monoisotopic (exact) mass is 240 g/mol. The highest BCUT2D eigenvalue weighted by Crippen LogP contribution is 2.50. The molecule has 2 aliphatic rings. The number of halogens is 1. The summed E-state index contributed by atoms with van der Waals surface area (Å²) in [5.41, 5.74) is 0. The van der Waals surface area contributed by atoms with Gasteiger partial charge in [0, 0.05) is 0 Å². The largest absolute Gasteiger partial charge is 0.147 e. The van der Waals surface area contributed by atoms with Crippen LogP contribution in [-0.2, 0) is 0 Å². The maximum Gasteiger partial charge on any atom is 0.0694 e. The number of hydrogen-bond donors (Lipinski definition) is 0. The maximum atomic E-state index is 2.13. The molecule has 11 heavy (non-hydrogen) atoms. The Balaban J connectivity index is 0.000000605. The third-order valence-corrected chi connectivity index (χ3v) is 5.76. The molecule has 0 aromatic rings. The van der Waals surface area contributed by atoms with Gasteiger partial charge in [0.05, 0.1) is 8.47 Å². The molecular formula is C6H5ClS4. The van der Waals surface area contributed by atoms with Crippen LogP contribution in [0.15, 0.2) is 30.1 Å². The zero-order valence-corrected chi connectivity index (χ0v) is 9.43.